The Bertz CT molecular complexity index is 1010. The average molecular weight is 351 g/mol. The zero-order valence-corrected chi connectivity index (χ0v) is 14.0. The maximum atomic E-state index is 12.4. The van der Waals surface area contributed by atoms with E-state index in [0.717, 1.165) is 5.56 Å². The molecular weight excluding hydrogens is 334 g/mol. The Balaban J connectivity index is 1.88. The van der Waals surface area contributed by atoms with E-state index < -0.39 is 5.97 Å². The van der Waals surface area contributed by atoms with Crippen LogP contribution in [0, 0.1) is 6.92 Å². The number of nitrogens with one attached hydrogen (secondary N) is 2. The van der Waals surface area contributed by atoms with Gasteiger partial charge in [0.15, 0.2) is 0 Å². The Hall–Kier alpha value is -3.61. The van der Waals surface area contributed by atoms with Crippen LogP contribution in [0.4, 0.5) is 11.6 Å². The molecule has 3 rings (SSSR count). The van der Waals surface area contributed by atoms with E-state index in [4.69, 9.17) is 5.11 Å². The molecule has 0 saturated heterocycles. The van der Waals surface area contributed by atoms with Gasteiger partial charge >= 0.3 is 5.97 Å². The molecule has 7 nitrogen and oxygen atoms in total. The van der Waals surface area contributed by atoms with Gasteiger partial charge < -0.3 is 15.5 Å². The van der Waals surface area contributed by atoms with Gasteiger partial charge in [0.2, 0.25) is 5.95 Å². The van der Waals surface area contributed by atoms with Crippen molar-refractivity contribution in [1.29, 1.82) is 0 Å². The fourth-order valence-corrected chi connectivity index (χ4v) is 2.60. The average Bonchev–Trinajstić information content (AvgIpc) is 2.60. The van der Waals surface area contributed by atoms with Gasteiger partial charge in [-0.1, -0.05) is 30.3 Å². The smallest absolute Gasteiger partial charge is 0.339 e. The third kappa shape index (κ3) is 3.72. The van der Waals surface area contributed by atoms with Crippen molar-refractivity contribution >= 4 is 17.6 Å². The molecule has 0 aliphatic carbocycles. The van der Waals surface area contributed by atoms with Gasteiger partial charge in [0, 0.05) is 17.7 Å². The largest absolute Gasteiger partial charge is 0.507 e. The van der Waals surface area contributed by atoms with Crippen molar-refractivity contribution in [2.24, 2.45) is 0 Å². The molecule has 0 atom stereocenters. The number of rotatable bonds is 5. The molecule has 26 heavy (non-hydrogen) atoms. The number of aromatic carboxylic acids is 1. The van der Waals surface area contributed by atoms with Crippen LogP contribution in [0.25, 0.3) is 0 Å². The summed E-state index contributed by atoms with van der Waals surface area (Å²) in [6.07, 6.45) is 0.470. The standard InChI is InChI=1S/C19H17N3O4/c1-11-14(9-12-5-3-2-4-6-12)17(24)22-19(20-11)21-13-7-8-16(23)15(10-13)18(25)26/h2-8,10,23H,9H2,1H3,(H,25,26)(H2,20,21,22,24). The van der Waals surface area contributed by atoms with Crippen LogP contribution in [0.5, 0.6) is 5.75 Å². The lowest BCUT2D eigenvalue weighted by Gasteiger charge is -2.10. The zero-order valence-electron chi connectivity index (χ0n) is 14.0. The number of carboxylic acid groups (broad SMARTS) is 1. The first kappa shape index (κ1) is 17.2. The van der Waals surface area contributed by atoms with Gasteiger partial charge in [-0.05, 0) is 30.7 Å². The maximum Gasteiger partial charge on any atom is 0.339 e. The molecule has 0 radical (unpaired) electrons. The minimum Gasteiger partial charge on any atom is -0.507 e. The second-order valence-electron chi connectivity index (χ2n) is 5.80. The first-order valence-electron chi connectivity index (χ1n) is 7.91. The second-order valence-corrected chi connectivity index (χ2v) is 5.80. The minimum absolute atomic E-state index is 0.200. The summed E-state index contributed by atoms with van der Waals surface area (Å²) in [5.74, 6) is -1.38. The molecule has 0 aliphatic rings. The van der Waals surface area contributed by atoms with Crippen molar-refractivity contribution < 1.29 is 15.0 Å². The van der Waals surface area contributed by atoms with E-state index in [2.05, 4.69) is 15.3 Å². The molecule has 0 bridgehead atoms. The van der Waals surface area contributed by atoms with E-state index >= 15 is 0 Å². The summed E-state index contributed by atoms with van der Waals surface area (Å²) in [5, 5.41) is 21.5. The maximum absolute atomic E-state index is 12.4. The summed E-state index contributed by atoms with van der Waals surface area (Å²) in [5.41, 5.74) is 2.04. The molecular formula is C19H17N3O4. The third-order valence-corrected chi connectivity index (χ3v) is 3.94. The number of nitrogens with zero attached hydrogens (tertiary/aromatic N) is 1. The number of aromatic nitrogens is 2. The molecule has 0 amide bonds. The molecule has 7 heteroatoms. The van der Waals surface area contributed by atoms with Crippen LogP contribution in [0.2, 0.25) is 0 Å². The number of carboxylic acids is 1. The van der Waals surface area contributed by atoms with Crippen LogP contribution >= 0.6 is 0 Å². The number of aryl methyl sites for hydroxylation is 1. The highest BCUT2D eigenvalue weighted by Gasteiger charge is 2.12. The van der Waals surface area contributed by atoms with Crippen LogP contribution in [-0.4, -0.2) is 26.2 Å². The van der Waals surface area contributed by atoms with Crippen molar-refractivity contribution in [2.75, 3.05) is 5.32 Å². The molecule has 0 unspecified atom stereocenters. The highest BCUT2D eigenvalue weighted by Crippen LogP contribution is 2.23. The summed E-state index contributed by atoms with van der Waals surface area (Å²) >= 11 is 0. The fourth-order valence-electron chi connectivity index (χ4n) is 2.60. The first-order valence-corrected chi connectivity index (χ1v) is 7.91. The van der Waals surface area contributed by atoms with Crippen molar-refractivity contribution in [3.05, 3.63) is 81.3 Å². The molecule has 0 saturated carbocycles. The zero-order chi connectivity index (χ0) is 18.7. The Morgan fingerprint density at radius 3 is 2.58 bits per heavy atom. The van der Waals surface area contributed by atoms with Crippen LogP contribution in [0.3, 0.4) is 0 Å². The molecule has 0 spiro atoms. The highest BCUT2D eigenvalue weighted by molar-refractivity contribution is 5.92. The predicted molar refractivity (Wildman–Crippen MR) is 97.2 cm³/mol. The van der Waals surface area contributed by atoms with Gasteiger partial charge in [0.05, 0.1) is 5.69 Å². The lowest BCUT2D eigenvalue weighted by atomic mass is 10.1. The van der Waals surface area contributed by atoms with Gasteiger partial charge in [0.1, 0.15) is 11.3 Å². The van der Waals surface area contributed by atoms with Crippen LogP contribution < -0.4 is 10.9 Å². The molecule has 1 aromatic heterocycles. The van der Waals surface area contributed by atoms with Crippen molar-refractivity contribution in [2.45, 2.75) is 13.3 Å². The predicted octanol–water partition coefficient (Wildman–Crippen LogP) is 2.82. The molecule has 3 aromatic rings. The number of anilines is 2. The van der Waals surface area contributed by atoms with Crippen LogP contribution in [-0.2, 0) is 6.42 Å². The Labute approximate surface area is 149 Å². The van der Waals surface area contributed by atoms with Gasteiger partial charge in [-0.2, -0.15) is 0 Å². The van der Waals surface area contributed by atoms with E-state index in [1.54, 1.807) is 6.92 Å². The second kappa shape index (κ2) is 7.10. The molecule has 2 aromatic carbocycles. The number of aromatic amines is 1. The number of aromatic hydroxyl groups is 1. The monoisotopic (exact) mass is 351 g/mol. The van der Waals surface area contributed by atoms with Crippen LogP contribution in [0.15, 0.2) is 53.3 Å². The quantitative estimate of drug-likeness (QED) is 0.525. The number of benzene rings is 2. The molecule has 4 N–H and O–H groups in total. The van der Waals surface area contributed by atoms with Crippen LogP contribution in [0.1, 0.15) is 27.2 Å². The number of hydrogen-bond donors (Lipinski definition) is 4. The molecule has 132 valence electrons. The topological polar surface area (TPSA) is 115 Å². The molecule has 0 aliphatic heterocycles. The summed E-state index contributed by atoms with van der Waals surface area (Å²) in [4.78, 5) is 30.5. The Morgan fingerprint density at radius 2 is 1.92 bits per heavy atom. The fraction of sp³-hybridized carbons (Fsp3) is 0.105. The van der Waals surface area contributed by atoms with E-state index in [1.807, 2.05) is 30.3 Å². The molecule has 1 heterocycles. The van der Waals surface area contributed by atoms with Gasteiger partial charge in [-0.15, -0.1) is 0 Å². The number of phenols is 1. The molecule has 0 fully saturated rings. The van der Waals surface area contributed by atoms with Gasteiger partial charge in [-0.3, -0.25) is 9.78 Å². The third-order valence-electron chi connectivity index (χ3n) is 3.94. The summed E-state index contributed by atoms with van der Waals surface area (Å²) in [7, 11) is 0. The number of hydrogen-bond acceptors (Lipinski definition) is 5. The van der Waals surface area contributed by atoms with E-state index in [1.165, 1.54) is 18.2 Å². The van der Waals surface area contributed by atoms with Crippen molar-refractivity contribution in [3.63, 3.8) is 0 Å². The lowest BCUT2D eigenvalue weighted by molar-refractivity contribution is 0.0694. The first-order chi connectivity index (χ1) is 12.4. The number of carbonyl (C=O) groups is 1. The minimum atomic E-state index is -1.25. The normalized spacial score (nSPS) is 10.5. The SMILES string of the molecule is Cc1nc(Nc2ccc(O)c(C(=O)O)c2)[nH]c(=O)c1Cc1ccccc1. The summed E-state index contributed by atoms with van der Waals surface area (Å²) in [6, 6.07) is 13.6. The van der Waals surface area contributed by atoms with Gasteiger partial charge in [-0.25, -0.2) is 9.78 Å². The van der Waals surface area contributed by atoms with E-state index in [-0.39, 0.29) is 22.8 Å². The Kier molecular flexibility index (Phi) is 4.70. The van der Waals surface area contributed by atoms with E-state index in [9.17, 15) is 14.7 Å². The summed E-state index contributed by atoms with van der Waals surface area (Å²) < 4.78 is 0. The number of H-pyrrole nitrogens is 1. The summed E-state index contributed by atoms with van der Waals surface area (Å²) in [6.45, 7) is 1.75. The van der Waals surface area contributed by atoms with E-state index in [0.29, 0.717) is 23.4 Å². The Morgan fingerprint density at radius 1 is 1.19 bits per heavy atom. The lowest BCUT2D eigenvalue weighted by Crippen LogP contribution is -2.18. The van der Waals surface area contributed by atoms with Crippen molar-refractivity contribution in [3.8, 4) is 5.75 Å². The van der Waals surface area contributed by atoms with Crippen molar-refractivity contribution in [1.82, 2.24) is 9.97 Å². The highest BCUT2D eigenvalue weighted by atomic mass is 16.4. The van der Waals surface area contributed by atoms with Gasteiger partial charge in [0.25, 0.3) is 5.56 Å².